The summed E-state index contributed by atoms with van der Waals surface area (Å²) in [4.78, 5) is 31.4. The number of hydrogen-bond acceptors (Lipinski definition) is 4. The van der Waals surface area contributed by atoms with E-state index in [2.05, 4.69) is 10.3 Å². The lowest BCUT2D eigenvalue weighted by Crippen LogP contribution is -2.39. The van der Waals surface area contributed by atoms with E-state index in [0.717, 1.165) is 10.6 Å². The van der Waals surface area contributed by atoms with E-state index in [9.17, 15) is 14.0 Å². The summed E-state index contributed by atoms with van der Waals surface area (Å²) in [5, 5.41) is 3.15. The first-order chi connectivity index (χ1) is 14.0. The third-order valence-corrected chi connectivity index (χ3v) is 6.05. The second-order valence-corrected chi connectivity index (χ2v) is 8.22. The molecule has 1 aromatic heterocycles. The van der Waals surface area contributed by atoms with Crippen LogP contribution in [0.3, 0.4) is 0 Å². The molecule has 29 heavy (non-hydrogen) atoms. The normalized spacial score (nSPS) is 14.0. The number of carbonyl (C=O) groups excluding carboxylic acids is 1. The maximum absolute atomic E-state index is 14.3. The van der Waals surface area contributed by atoms with E-state index in [0.29, 0.717) is 30.8 Å². The average molecular weight is 432 g/mol. The Balaban J connectivity index is 1.52. The largest absolute Gasteiger partial charge is 0.355 e. The van der Waals surface area contributed by atoms with Gasteiger partial charge in [0.2, 0.25) is 5.91 Å². The van der Waals surface area contributed by atoms with Crippen molar-refractivity contribution < 1.29 is 9.18 Å². The SMILES string of the molecule is CSc1cccc(NC(=O)CN2CCc3[nH]c4c(F)c(Cl)ccc4c(=O)c3C2)c1. The van der Waals surface area contributed by atoms with Crippen LogP contribution in [-0.4, -0.2) is 35.1 Å². The van der Waals surface area contributed by atoms with Gasteiger partial charge in [0.05, 0.1) is 17.1 Å². The van der Waals surface area contributed by atoms with Gasteiger partial charge in [-0.05, 0) is 36.6 Å². The molecule has 2 N–H and O–H groups in total. The first-order valence-corrected chi connectivity index (χ1v) is 10.7. The van der Waals surface area contributed by atoms with E-state index in [4.69, 9.17) is 11.6 Å². The second-order valence-electron chi connectivity index (χ2n) is 6.94. The molecule has 0 saturated heterocycles. The van der Waals surface area contributed by atoms with Gasteiger partial charge in [0, 0.05) is 46.7 Å². The zero-order chi connectivity index (χ0) is 20.5. The minimum atomic E-state index is -0.613. The Morgan fingerprint density at radius 2 is 2.17 bits per heavy atom. The molecule has 0 unspecified atom stereocenters. The fraction of sp³-hybridized carbons (Fsp3) is 0.238. The number of amides is 1. The number of pyridine rings is 1. The molecule has 5 nitrogen and oxygen atoms in total. The van der Waals surface area contributed by atoms with E-state index in [1.54, 1.807) is 11.8 Å². The van der Waals surface area contributed by atoms with Crippen LogP contribution in [-0.2, 0) is 17.8 Å². The van der Waals surface area contributed by atoms with Crippen molar-refractivity contribution in [2.24, 2.45) is 0 Å². The predicted octanol–water partition coefficient (Wildman–Crippen LogP) is 4.04. The first-order valence-electron chi connectivity index (χ1n) is 9.14. The summed E-state index contributed by atoms with van der Waals surface area (Å²) in [6.45, 7) is 1.10. The van der Waals surface area contributed by atoms with Crippen molar-refractivity contribution in [1.29, 1.82) is 0 Å². The fourth-order valence-electron chi connectivity index (χ4n) is 3.58. The van der Waals surface area contributed by atoms with Crippen molar-refractivity contribution in [3.8, 4) is 0 Å². The van der Waals surface area contributed by atoms with E-state index < -0.39 is 5.82 Å². The number of thioether (sulfide) groups is 1. The Morgan fingerprint density at radius 1 is 1.34 bits per heavy atom. The Labute approximate surface area is 176 Å². The summed E-state index contributed by atoms with van der Waals surface area (Å²) in [6, 6.07) is 10.6. The summed E-state index contributed by atoms with van der Waals surface area (Å²) in [5.41, 5.74) is 1.94. The van der Waals surface area contributed by atoms with Gasteiger partial charge in [0.15, 0.2) is 11.2 Å². The van der Waals surface area contributed by atoms with Gasteiger partial charge in [-0.25, -0.2) is 4.39 Å². The Bertz CT molecular complexity index is 1160. The third-order valence-electron chi connectivity index (χ3n) is 5.03. The van der Waals surface area contributed by atoms with Gasteiger partial charge in [-0.2, -0.15) is 0 Å². The van der Waals surface area contributed by atoms with Gasteiger partial charge in [-0.1, -0.05) is 17.7 Å². The number of aromatic nitrogens is 1. The monoisotopic (exact) mass is 431 g/mol. The number of benzene rings is 2. The number of anilines is 1. The minimum Gasteiger partial charge on any atom is -0.355 e. The molecule has 2 heterocycles. The van der Waals surface area contributed by atoms with Crippen molar-refractivity contribution in [3.63, 3.8) is 0 Å². The number of fused-ring (bicyclic) bond motifs is 2. The number of aromatic amines is 1. The van der Waals surface area contributed by atoms with E-state index in [1.807, 2.05) is 35.4 Å². The lowest BCUT2D eigenvalue weighted by molar-refractivity contribution is -0.117. The van der Waals surface area contributed by atoms with Crippen LogP contribution >= 0.6 is 23.4 Å². The molecular formula is C21H19ClFN3O2S. The summed E-state index contributed by atoms with van der Waals surface area (Å²) < 4.78 is 14.3. The standard InChI is InChI=1S/C21H19ClFN3O2S/c1-29-13-4-2-3-12(9-13)24-18(27)11-26-8-7-17-15(10-26)21(28)14-5-6-16(22)19(23)20(14)25-17/h2-6,9H,7-8,10-11H2,1H3,(H,24,27)(H,25,28). The number of nitrogens with one attached hydrogen (secondary N) is 2. The van der Waals surface area contributed by atoms with E-state index in [1.165, 1.54) is 12.1 Å². The number of halogens is 2. The average Bonchev–Trinajstić information content (AvgIpc) is 2.71. The third kappa shape index (κ3) is 4.03. The quantitative estimate of drug-likeness (QED) is 0.612. The smallest absolute Gasteiger partial charge is 0.238 e. The molecule has 1 aliphatic heterocycles. The molecule has 0 bridgehead atoms. The molecular weight excluding hydrogens is 413 g/mol. The summed E-state index contributed by atoms with van der Waals surface area (Å²) in [6.07, 6.45) is 2.51. The van der Waals surface area contributed by atoms with Crippen LogP contribution in [0.4, 0.5) is 10.1 Å². The Kier molecular flexibility index (Phi) is 5.63. The highest BCUT2D eigenvalue weighted by atomic mass is 35.5. The molecule has 0 spiro atoms. The Hall–Kier alpha value is -2.35. The Morgan fingerprint density at radius 3 is 2.97 bits per heavy atom. The summed E-state index contributed by atoms with van der Waals surface area (Å²) in [7, 11) is 0. The van der Waals surface area contributed by atoms with E-state index in [-0.39, 0.29) is 33.8 Å². The van der Waals surface area contributed by atoms with Crippen LogP contribution < -0.4 is 10.7 Å². The van der Waals surface area contributed by atoms with Gasteiger partial charge in [0.25, 0.3) is 0 Å². The number of nitrogens with zero attached hydrogens (tertiary/aromatic N) is 1. The topological polar surface area (TPSA) is 65.2 Å². The molecule has 2 aromatic carbocycles. The molecule has 8 heteroatoms. The number of carbonyl (C=O) groups is 1. The van der Waals surface area contributed by atoms with Gasteiger partial charge in [-0.15, -0.1) is 11.8 Å². The summed E-state index contributed by atoms with van der Waals surface area (Å²) in [5.74, 6) is -0.750. The van der Waals surface area contributed by atoms with Crippen LogP contribution in [0, 0.1) is 5.82 Å². The van der Waals surface area contributed by atoms with Crippen LogP contribution in [0.1, 0.15) is 11.3 Å². The highest BCUT2D eigenvalue weighted by molar-refractivity contribution is 7.98. The molecule has 0 fully saturated rings. The van der Waals surface area contributed by atoms with Gasteiger partial charge in [0.1, 0.15) is 0 Å². The number of hydrogen-bond donors (Lipinski definition) is 2. The van der Waals surface area contributed by atoms with Crippen molar-refractivity contribution in [2.45, 2.75) is 17.9 Å². The number of rotatable bonds is 4. The fourth-order valence-corrected chi connectivity index (χ4v) is 4.20. The van der Waals surface area contributed by atoms with Gasteiger partial charge in [-0.3, -0.25) is 14.5 Å². The maximum atomic E-state index is 14.3. The molecule has 1 amide bonds. The van der Waals surface area contributed by atoms with Crippen LogP contribution in [0.2, 0.25) is 5.02 Å². The highest BCUT2D eigenvalue weighted by Crippen LogP contribution is 2.24. The summed E-state index contributed by atoms with van der Waals surface area (Å²) >= 11 is 7.45. The molecule has 0 radical (unpaired) electrons. The van der Waals surface area contributed by atoms with Crippen LogP contribution in [0.25, 0.3) is 10.9 Å². The van der Waals surface area contributed by atoms with Gasteiger partial charge >= 0.3 is 0 Å². The molecule has 4 rings (SSSR count). The molecule has 1 aliphatic rings. The van der Waals surface area contributed by atoms with Crippen molar-refractivity contribution in [1.82, 2.24) is 9.88 Å². The van der Waals surface area contributed by atoms with Crippen molar-refractivity contribution in [3.05, 3.63) is 68.7 Å². The zero-order valence-electron chi connectivity index (χ0n) is 15.7. The zero-order valence-corrected chi connectivity index (χ0v) is 17.3. The molecule has 0 aliphatic carbocycles. The van der Waals surface area contributed by atoms with Crippen LogP contribution in [0.15, 0.2) is 46.1 Å². The highest BCUT2D eigenvalue weighted by Gasteiger charge is 2.23. The first kappa shape index (κ1) is 19.9. The van der Waals surface area contributed by atoms with Crippen molar-refractivity contribution in [2.75, 3.05) is 24.7 Å². The van der Waals surface area contributed by atoms with Gasteiger partial charge < -0.3 is 10.3 Å². The molecule has 3 aromatic rings. The van der Waals surface area contributed by atoms with Crippen LogP contribution in [0.5, 0.6) is 0 Å². The number of H-pyrrole nitrogens is 1. The lowest BCUT2D eigenvalue weighted by atomic mass is 10.0. The molecule has 150 valence electrons. The molecule has 0 saturated carbocycles. The maximum Gasteiger partial charge on any atom is 0.238 e. The molecule has 0 atom stereocenters. The minimum absolute atomic E-state index is 0.0206. The second kappa shape index (κ2) is 8.18. The van der Waals surface area contributed by atoms with Crippen molar-refractivity contribution >= 4 is 45.9 Å². The predicted molar refractivity (Wildman–Crippen MR) is 115 cm³/mol. The van der Waals surface area contributed by atoms with E-state index >= 15 is 0 Å². The lowest BCUT2D eigenvalue weighted by Gasteiger charge is -2.28.